The Kier molecular flexibility index (Phi) is 3.89. The lowest BCUT2D eigenvalue weighted by Crippen LogP contribution is -2.37. The number of nitrogen functional groups attached to an aromatic ring is 1. The van der Waals surface area contributed by atoms with E-state index in [4.69, 9.17) is 5.84 Å². The zero-order chi connectivity index (χ0) is 14.8. The Hall–Kier alpha value is -1.93. The molecule has 2 saturated heterocycles. The summed E-state index contributed by atoms with van der Waals surface area (Å²) in [5, 5.41) is 11.0. The number of hydrazine groups is 1. The van der Waals surface area contributed by atoms with E-state index < -0.39 is 4.92 Å². The number of nitrogens with one attached hydrogen (secondary N) is 1. The molecule has 1 atom stereocenters. The van der Waals surface area contributed by atoms with Gasteiger partial charge in [0.05, 0.1) is 17.1 Å². The topological polar surface area (TPSA) is 101 Å². The lowest BCUT2D eigenvalue weighted by molar-refractivity contribution is -0.384. The smallest absolute Gasteiger partial charge is 0.276 e. The van der Waals surface area contributed by atoms with Gasteiger partial charge in [-0.2, -0.15) is 0 Å². The number of rotatable bonds is 3. The summed E-state index contributed by atoms with van der Waals surface area (Å²) in [7, 11) is 0. The quantitative estimate of drug-likeness (QED) is 0.486. The predicted molar refractivity (Wildman–Crippen MR) is 80.1 cm³/mol. The molecule has 3 heterocycles. The standard InChI is InChI=1S/C13H20N6O2/c14-16-12-7-11(19(20)21)8-13(15-12)18-6-2-5-17-4-1-3-10(17)9-18/h7-8,10H,1-6,9,14H2,(H,15,16). The molecule has 3 rings (SSSR count). The summed E-state index contributed by atoms with van der Waals surface area (Å²) < 4.78 is 0. The van der Waals surface area contributed by atoms with Crippen molar-refractivity contribution in [2.24, 2.45) is 5.84 Å². The summed E-state index contributed by atoms with van der Waals surface area (Å²) >= 11 is 0. The second-order valence-corrected chi connectivity index (χ2v) is 5.60. The first kappa shape index (κ1) is 14.0. The average molecular weight is 292 g/mol. The van der Waals surface area contributed by atoms with Crippen molar-refractivity contribution >= 4 is 17.3 Å². The monoisotopic (exact) mass is 292 g/mol. The van der Waals surface area contributed by atoms with Gasteiger partial charge in [-0.25, -0.2) is 10.8 Å². The van der Waals surface area contributed by atoms with Crippen molar-refractivity contribution in [2.45, 2.75) is 25.3 Å². The average Bonchev–Trinajstić information content (AvgIpc) is 2.83. The molecule has 0 bridgehead atoms. The molecule has 1 aromatic rings. The van der Waals surface area contributed by atoms with Crippen LogP contribution in [0.25, 0.3) is 0 Å². The Morgan fingerprint density at radius 1 is 1.33 bits per heavy atom. The largest absolute Gasteiger partial charge is 0.355 e. The fourth-order valence-corrected chi connectivity index (χ4v) is 3.26. The van der Waals surface area contributed by atoms with Gasteiger partial charge in [-0.1, -0.05) is 0 Å². The van der Waals surface area contributed by atoms with Crippen molar-refractivity contribution in [3.63, 3.8) is 0 Å². The number of fused-ring (bicyclic) bond motifs is 1. The SMILES string of the molecule is NNc1cc([N+](=O)[O-])cc(N2CCCN3CCCC3C2)n1. The summed E-state index contributed by atoms with van der Waals surface area (Å²) in [4.78, 5) is 19.7. The number of aromatic nitrogens is 1. The van der Waals surface area contributed by atoms with Gasteiger partial charge in [-0.05, 0) is 25.8 Å². The van der Waals surface area contributed by atoms with E-state index >= 15 is 0 Å². The van der Waals surface area contributed by atoms with Crippen molar-refractivity contribution in [2.75, 3.05) is 36.5 Å². The first-order valence-electron chi connectivity index (χ1n) is 7.29. The highest BCUT2D eigenvalue weighted by molar-refractivity contribution is 5.55. The second kappa shape index (κ2) is 5.82. The van der Waals surface area contributed by atoms with Crippen LogP contribution in [-0.2, 0) is 0 Å². The van der Waals surface area contributed by atoms with Crippen LogP contribution in [0, 0.1) is 10.1 Å². The number of hydrogen-bond donors (Lipinski definition) is 2. The maximum atomic E-state index is 11.0. The summed E-state index contributed by atoms with van der Waals surface area (Å²) in [5.74, 6) is 6.33. The zero-order valence-corrected chi connectivity index (χ0v) is 11.9. The number of nitrogens with two attached hydrogens (primary N) is 1. The molecule has 3 N–H and O–H groups in total. The van der Waals surface area contributed by atoms with E-state index in [-0.39, 0.29) is 5.69 Å². The van der Waals surface area contributed by atoms with Crippen molar-refractivity contribution in [3.05, 3.63) is 22.2 Å². The fraction of sp³-hybridized carbons (Fsp3) is 0.615. The molecule has 2 aliphatic heterocycles. The molecule has 0 aliphatic carbocycles. The molecule has 21 heavy (non-hydrogen) atoms. The van der Waals surface area contributed by atoms with Crippen LogP contribution in [0.15, 0.2) is 12.1 Å². The van der Waals surface area contributed by atoms with Crippen molar-refractivity contribution in [3.8, 4) is 0 Å². The molecule has 0 saturated carbocycles. The highest BCUT2D eigenvalue weighted by atomic mass is 16.6. The lowest BCUT2D eigenvalue weighted by Gasteiger charge is -2.26. The maximum Gasteiger partial charge on any atom is 0.276 e. The van der Waals surface area contributed by atoms with Crippen molar-refractivity contribution in [1.29, 1.82) is 0 Å². The van der Waals surface area contributed by atoms with Gasteiger partial charge in [0.15, 0.2) is 0 Å². The molecule has 114 valence electrons. The molecule has 2 fully saturated rings. The number of hydrogen-bond acceptors (Lipinski definition) is 7. The zero-order valence-electron chi connectivity index (χ0n) is 11.9. The van der Waals surface area contributed by atoms with E-state index in [1.807, 2.05) is 0 Å². The van der Waals surface area contributed by atoms with Crippen LogP contribution in [0.2, 0.25) is 0 Å². The summed E-state index contributed by atoms with van der Waals surface area (Å²) in [6, 6.07) is 3.41. The molecule has 0 spiro atoms. The van der Waals surface area contributed by atoms with Crippen LogP contribution in [0.4, 0.5) is 17.3 Å². The molecule has 1 unspecified atom stereocenters. The molecule has 8 nitrogen and oxygen atoms in total. The van der Waals surface area contributed by atoms with Crippen LogP contribution in [0.3, 0.4) is 0 Å². The van der Waals surface area contributed by atoms with Gasteiger partial charge in [0.1, 0.15) is 11.6 Å². The maximum absolute atomic E-state index is 11.0. The Morgan fingerprint density at radius 2 is 2.14 bits per heavy atom. The molecule has 0 aromatic carbocycles. The minimum Gasteiger partial charge on any atom is -0.355 e. The highest BCUT2D eigenvalue weighted by Gasteiger charge is 2.29. The van der Waals surface area contributed by atoms with Gasteiger partial charge < -0.3 is 10.3 Å². The summed E-state index contributed by atoms with van der Waals surface area (Å²) in [5.41, 5.74) is 2.43. The molecule has 2 aliphatic rings. The van der Waals surface area contributed by atoms with Crippen molar-refractivity contribution in [1.82, 2.24) is 9.88 Å². The number of nitrogens with zero attached hydrogens (tertiary/aromatic N) is 4. The minimum atomic E-state index is -0.411. The van der Waals surface area contributed by atoms with Gasteiger partial charge in [0.2, 0.25) is 0 Å². The molecule has 1 aromatic heterocycles. The summed E-state index contributed by atoms with van der Waals surface area (Å²) in [6.07, 6.45) is 3.47. The van der Waals surface area contributed by atoms with Gasteiger partial charge in [0.25, 0.3) is 5.69 Å². The molecular formula is C13H20N6O2. The van der Waals surface area contributed by atoms with E-state index in [1.165, 1.54) is 25.0 Å². The van der Waals surface area contributed by atoms with Crippen LogP contribution >= 0.6 is 0 Å². The van der Waals surface area contributed by atoms with Crippen molar-refractivity contribution < 1.29 is 4.92 Å². The molecule has 0 amide bonds. The number of nitro groups is 1. The molecular weight excluding hydrogens is 272 g/mol. The second-order valence-electron chi connectivity index (χ2n) is 5.60. The van der Waals surface area contributed by atoms with Crippen LogP contribution < -0.4 is 16.2 Å². The fourth-order valence-electron chi connectivity index (χ4n) is 3.26. The molecule has 8 heteroatoms. The number of anilines is 2. The normalized spacial score (nSPS) is 22.7. The highest BCUT2D eigenvalue weighted by Crippen LogP contribution is 2.27. The lowest BCUT2D eigenvalue weighted by atomic mass is 10.2. The van der Waals surface area contributed by atoms with Gasteiger partial charge in [0, 0.05) is 25.7 Å². The van der Waals surface area contributed by atoms with E-state index in [0.717, 1.165) is 32.6 Å². The third-order valence-corrected chi connectivity index (χ3v) is 4.28. The van der Waals surface area contributed by atoms with Crippen LogP contribution in [-0.4, -0.2) is 47.0 Å². The first-order valence-corrected chi connectivity index (χ1v) is 7.29. The Labute approximate surface area is 123 Å². The van der Waals surface area contributed by atoms with E-state index in [1.54, 1.807) is 0 Å². The Bertz CT molecular complexity index is 537. The third-order valence-electron chi connectivity index (χ3n) is 4.28. The Balaban J connectivity index is 1.87. The third kappa shape index (κ3) is 2.91. The predicted octanol–water partition coefficient (Wildman–Crippen LogP) is 0.950. The van der Waals surface area contributed by atoms with Crippen LogP contribution in [0.5, 0.6) is 0 Å². The van der Waals surface area contributed by atoms with Gasteiger partial charge >= 0.3 is 0 Å². The van der Waals surface area contributed by atoms with Gasteiger partial charge in [-0.15, -0.1) is 0 Å². The van der Waals surface area contributed by atoms with E-state index in [0.29, 0.717) is 17.7 Å². The van der Waals surface area contributed by atoms with Gasteiger partial charge in [-0.3, -0.25) is 15.0 Å². The van der Waals surface area contributed by atoms with E-state index in [2.05, 4.69) is 20.2 Å². The van der Waals surface area contributed by atoms with E-state index in [9.17, 15) is 10.1 Å². The first-order chi connectivity index (χ1) is 10.2. The minimum absolute atomic E-state index is 0.0143. The Morgan fingerprint density at radius 3 is 2.90 bits per heavy atom. The number of pyridine rings is 1. The van der Waals surface area contributed by atoms with Crippen LogP contribution in [0.1, 0.15) is 19.3 Å². The summed E-state index contributed by atoms with van der Waals surface area (Å²) in [6.45, 7) is 4.00. The molecule has 0 radical (unpaired) electrons.